The molecule has 2 heteroatoms. The van der Waals surface area contributed by atoms with Crippen molar-refractivity contribution in [1.29, 1.82) is 0 Å². The third-order valence-corrected chi connectivity index (χ3v) is 3.98. The summed E-state index contributed by atoms with van der Waals surface area (Å²) in [4.78, 5) is 0. The average molecular weight is 233 g/mol. The first-order chi connectivity index (χ1) is 8.19. The maximum absolute atomic E-state index is 6.21. The minimum atomic E-state index is -0.118. The third kappa shape index (κ3) is 2.38. The molecular weight excluding hydrogens is 210 g/mol. The smallest absolute Gasteiger partial charge is 0.0968 e. The van der Waals surface area contributed by atoms with Crippen molar-refractivity contribution in [2.24, 2.45) is 5.92 Å². The monoisotopic (exact) mass is 233 g/mol. The van der Waals surface area contributed by atoms with Crippen LogP contribution >= 0.6 is 0 Å². The summed E-state index contributed by atoms with van der Waals surface area (Å²) < 4.78 is 6.21. The SMILES string of the molecule is CNC1CCOC(c2ccccc2)(C(C)C)C1. The van der Waals surface area contributed by atoms with E-state index in [1.165, 1.54) is 5.56 Å². The first-order valence-electron chi connectivity index (χ1n) is 6.56. The van der Waals surface area contributed by atoms with E-state index in [0.29, 0.717) is 12.0 Å². The summed E-state index contributed by atoms with van der Waals surface area (Å²) in [6, 6.07) is 11.2. The van der Waals surface area contributed by atoms with Gasteiger partial charge in [0.05, 0.1) is 5.60 Å². The van der Waals surface area contributed by atoms with Crippen LogP contribution in [0.1, 0.15) is 32.3 Å². The van der Waals surface area contributed by atoms with Gasteiger partial charge in [0.2, 0.25) is 0 Å². The molecule has 1 heterocycles. The standard InChI is InChI=1S/C15H23NO/c1-12(2)15(13-7-5-4-6-8-13)11-14(16-3)9-10-17-15/h4-8,12,14,16H,9-11H2,1-3H3. The fourth-order valence-electron chi connectivity index (χ4n) is 2.81. The van der Waals surface area contributed by atoms with Gasteiger partial charge in [0, 0.05) is 12.6 Å². The van der Waals surface area contributed by atoms with Gasteiger partial charge < -0.3 is 10.1 Å². The van der Waals surface area contributed by atoms with Crippen LogP contribution in [0, 0.1) is 5.92 Å². The molecule has 2 unspecified atom stereocenters. The Balaban J connectivity index is 2.33. The summed E-state index contributed by atoms with van der Waals surface area (Å²) in [6.07, 6.45) is 2.17. The molecule has 1 aromatic carbocycles. The molecule has 0 spiro atoms. The van der Waals surface area contributed by atoms with E-state index < -0.39 is 0 Å². The van der Waals surface area contributed by atoms with E-state index in [0.717, 1.165) is 19.4 Å². The Kier molecular flexibility index (Phi) is 3.85. The van der Waals surface area contributed by atoms with Crippen molar-refractivity contribution < 1.29 is 4.74 Å². The van der Waals surface area contributed by atoms with Crippen molar-refractivity contribution in [1.82, 2.24) is 5.32 Å². The van der Waals surface area contributed by atoms with Gasteiger partial charge in [-0.05, 0) is 31.4 Å². The molecule has 2 atom stereocenters. The highest BCUT2D eigenvalue weighted by Crippen LogP contribution is 2.41. The van der Waals surface area contributed by atoms with E-state index >= 15 is 0 Å². The Labute approximate surface area is 104 Å². The van der Waals surface area contributed by atoms with E-state index in [4.69, 9.17) is 4.74 Å². The molecular formula is C15H23NO. The Morgan fingerprint density at radius 3 is 2.59 bits per heavy atom. The van der Waals surface area contributed by atoms with Gasteiger partial charge in [-0.15, -0.1) is 0 Å². The second-order valence-corrected chi connectivity index (χ2v) is 5.24. The van der Waals surface area contributed by atoms with Crippen molar-refractivity contribution >= 4 is 0 Å². The third-order valence-electron chi connectivity index (χ3n) is 3.98. The predicted octanol–water partition coefficient (Wildman–Crippen LogP) is 2.94. The molecule has 1 aliphatic heterocycles. The number of nitrogens with one attached hydrogen (secondary N) is 1. The Bertz CT molecular complexity index is 349. The Morgan fingerprint density at radius 2 is 2.00 bits per heavy atom. The van der Waals surface area contributed by atoms with Gasteiger partial charge in [-0.2, -0.15) is 0 Å². The highest BCUT2D eigenvalue weighted by Gasteiger charge is 2.41. The summed E-state index contributed by atoms with van der Waals surface area (Å²) in [6.45, 7) is 5.36. The highest BCUT2D eigenvalue weighted by molar-refractivity contribution is 5.24. The number of hydrogen-bond acceptors (Lipinski definition) is 2. The molecule has 94 valence electrons. The topological polar surface area (TPSA) is 21.3 Å². The number of rotatable bonds is 3. The minimum absolute atomic E-state index is 0.118. The van der Waals surface area contributed by atoms with Crippen molar-refractivity contribution in [2.75, 3.05) is 13.7 Å². The van der Waals surface area contributed by atoms with Gasteiger partial charge in [-0.1, -0.05) is 44.2 Å². The van der Waals surface area contributed by atoms with Crippen LogP contribution in [-0.4, -0.2) is 19.7 Å². The lowest BCUT2D eigenvalue weighted by atomic mass is 9.76. The molecule has 1 saturated heterocycles. The number of ether oxygens (including phenoxy) is 1. The maximum Gasteiger partial charge on any atom is 0.0968 e. The van der Waals surface area contributed by atoms with Crippen LogP contribution in [0.2, 0.25) is 0 Å². The fourth-order valence-corrected chi connectivity index (χ4v) is 2.81. The molecule has 0 aliphatic carbocycles. The van der Waals surface area contributed by atoms with Gasteiger partial charge in [-0.3, -0.25) is 0 Å². The van der Waals surface area contributed by atoms with Crippen LogP contribution in [0.3, 0.4) is 0 Å². The molecule has 0 saturated carbocycles. The summed E-state index contributed by atoms with van der Waals surface area (Å²) in [7, 11) is 2.05. The van der Waals surface area contributed by atoms with Gasteiger partial charge in [0.1, 0.15) is 0 Å². The number of hydrogen-bond donors (Lipinski definition) is 1. The molecule has 1 fully saturated rings. The zero-order valence-electron chi connectivity index (χ0n) is 11.1. The number of benzene rings is 1. The molecule has 1 N–H and O–H groups in total. The largest absolute Gasteiger partial charge is 0.370 e. The van der Waals surface area contributed by atoms with Crippen LogP contribution < -0.4 is 5.32 Å². The van der Waals surface area contributed by atoms with Gasteiger partial charge in [0.25, 0.3) is 0 Å². The average Bonchev–Trinajstić information content (AvgIpc) is 2.39. The first kappa shape index (κ1) is 12.6. The Hall–Kier alpha value is -0.860. The summed E-state index contributed by atoms with van der Waals surface area (Å²) in [5.41, 5.74) is 1.20. The van der Waals surface area contributed by atoms with Crippen molar-refractivity contribution in [3.05, 3.63) is 35.9 Å². The van der Waals surface area contributed by atoms with E-state index in [1.54, 1.807) is 0 Å². The molecule has 1 aliphatic rings. The van der Waals surface area contributed by atoms with Gasteiger partial charge >= 0.3 is 0 Å². The zero-order chi connectivity index (χ0) is 12.3. The van der Waals surface area contributed by atoms with Crippen LogP contribution in [0.15, 0.2) is 30.3 Å². The highest BCUT2D eigenvalue weighted by atomic mass is 16.5. The quantitative estimate of drug-likeness (QED) is 0.866. The van der Waals surface area contributed by atoms with Crippen molar-refractivity contribution in [3.8, 4) is 0 Å². The lowest BCUT2D eigenvalue weighted by molar-refractivity contribution is -0.123. The minimum Gasteiger partial charge on any atom is -0.370 e. The van der Waals surface area contributed by atoms with E-state index in [1.807, 2.05) is 7.05 Å². The Morgan fingerprint density at radius 1 is 1.29 bits per heavy atom. The van der Waals surface area contributed by atoms with Crippen molar-refractivity contribution in [3.63, 3.8) is 0 Å². The molecule has 17 heavy (non-hydrogen) atoms. The first-order valence-corrected chi connectivity index (χ1v) is 6.56. The van der Waals surface area contributed by atoms with E-state index in [9.17, 15) is 0 Å². The summed E-state index contributed by atoms with van der Waals surface area (Å²) in [5.74, 6) is 0.487. The second-order valence-electron chi connectivity index (χ2n) is 5.24. The van der Waals surface area contributed by atoms with Gasteiger partial charge in [-0.25, -0.2) is 0 Å². The lowest BCUT2D eigenvalue weighted by Gasteiger charge is -2.44. The molecule has 0 bridgehead atoms. The molecule has 0 aromatic heterocycles. The van der Waals surface area contributed by atoms with Gasteiger partial charge in [0.15, 0.2) is 0 Å². The molecule has 1 aromatic rings. The molecule has 0 amide bonds. The second kappa shape index (κ2) is 5.19. The molecule has 2 rings (SSSR count). The maximum atomic E-state index is 6.21. The fraction of sp³-hybridized carbons (Fsp3) is 0.600. The zero-order valence-corrected chi connectivity index (χ0v) is 11.1. The molecule has 0 radical (unpaired) electrons. The van der Waals surface area contributed by atoms with Crippen LogP contribution in [0.5, 0.6) is 0 Å². The summed E-state index contributed by atoms with van der Waals surface area (Å²) >= 11 is 0. The lowest BCUT2D eigenvalue weighted by Crippen LogP contribution is -2.47. The molecule has 2 nitrogen and oxygen atoms in total. The van der Waals surface area contributed by atoms with Crippen LogP contribution in [0.4, 0.5) is 0 Å². The van der Waals surface area contributed by atoms with E-state index in [-0.39, 0.29) is 5.60 Å². The normalized spacial score (nSPS) is 29.5. The van der Waals surface area contributed by atoms with Crippen molar-refractivity contribution in [2.45, 2.75) is 38.3 Å². The summed E-state index contributed by atoms with van der Waals surface area (Å²) in [5, 5.41) is 3.40. The predicted molar refractivity (Wildman–Crippen MR) is 71.0 cm³/mol. The van der Waals surface area contributed by atoms with Crippen LogP contribution in [0.25, 0.3) is 0 Å². The van der Waals surface area contributed by atoms with E-state index in [2.05, 4.69) is 49.5 Å². The van der Waals surface area contributed by atoms with Crippen LogP contribution in [-0.2, 0) is 10.3 Å².